The Kier molecular flexibility index (Phi) is 4.62. The molecule has 0 saturated carbocycles. The number of rotatable bonds is 6. The van der Waals surface area contributed by atoms with Gasteiger partial charge in [-0.15, -0.1) is 11.7 Å². The van der Waals surface area contributed by atoms with Crippen molar-refractivity contribution in [3.05, 3.63) is 54.4 Å². The molecular weight excluding hydrogens is 256 g/mol. The maximum Gasteiger partial charge on any atom is 0.274 e. The fourth-order valence-electron chi connectivity index (χ4n) is 1.77. The number of carbonyl (C=O) groups is 1. The van der Waals surface area contributed by atoms with Crippen molar-refractivity contribution in [3.63, 3.8) is 0 Å². The molecule has 0 saturated heterocycles. The van der Waals surface area contributed by atoms with Crippen LogP contribution in [0.1, 0.15) is 16.2 Å². The van der Waals surface area contributed by atoms with Gasteiger partial charge in [-0.25, -0.2) is 4.68 Å². The van der Waals surface area contributed by atoms with Crippen LogP contribution < -0.4 is 5.32 Å². The molecule has 0 atom stereocenters. The van der Waals surface area contributed by atoms with Crippen LogP contribution in [0.4, 0.5) is 0 Å². The summed E-state index contributed by atoms with van der Waals surface area (Å²) in [5.74, 6) is -0.292. The highest BCUT2D eigenvalue weighted by Gasteiger charge is 2.19. The molecule has 0 aliphatic rings. The molecule has 0 fully saturated rings. The molecule has 20 heavy (non-hydrogen) atoms. The standard InChI is InChI=1S/C14H16N4O2/c1-3-9-15-14(19)13-12(10-20-2)18(17-16-13)11-7-5-4-6-8-11/h3-8H,1,9-10H2,2H3,(H,15,19). The summed E-state index contributed by atoms with van der Waals surface area (Å²) in [5.41, 5.74) is 1.70. The van der Waals surface area contributed by atoms with Gasteiger partial charge in [-0.2, -0.15) is 0 Å². The lowest BCUT2D eigenvalue weighted by atomic mass is 10.2. The molecule has 104 valence electrons. The van der Waals surface area contributed by atoms with Crippen LogP contribution in [-0.4, -0.2) is 34.6 Å². The molecule has 6 nitrogen and oxygen atoms in total. The normalized spacial score (nSPS) is 10.2. The van der Waals surface area contributed by atoms with Gasteiger partial charge in [0.2, 0.25) is 0 Å². The Bertz CT molecular complexity index is 592. The first-order valence-electron chi connectivity index (χ1n) is 6.16. The summed E-state index contributed by atoms with van der Waals surface area (Å²) in [6, 6.07) is 9.47. The van der Waals surface area contributed by atoms with E-state index in [0.717, 1.165) is 5.69 Å². The summed E-state index contributed by atoms with van der Waals surface area (Å²) < 4.78 is 6.75. The Morgan fingerprint density at radius 3 is 2.85 bits per heavy atom. The number of hydrogen-bond donors (Lipinski definition) is 1. The molecule has 1 N–H and O–H groups in total. The first kappa shape index (κ1) is 14.0. The van der Waals surface area contributed by atoms with Gasteiger partial charge in [0.05, 0.1) is 12.3 Å². The summed E-state index contributed by atoms with van der Waals surface area (Å²) in [4.78, 5) is 12.0. The van der Waals surface area contributed by atoms with Gasteiger partial charge in [0.15, 0.2) is 5.69 Å². The topological polar surface area (TPSA) is 69.0 Å². The molecule has 2 rings (SSSR count). The van der Waals surface area contributed by atoms with E-state index in [1.807, 2.05) is 30.3 Å². The van der Waals surface area contributed by atoms with Gasteiger partial charge < -0.3 is 10.1 Å². The SMILES string of the molecule is C=CCNC(=O)c1nnn(-c2ccccc2)c1COC. The van der Waals surface area contributed by atoms with E-state index in [2.05, 4.69) is 22.2 Å². The number of ether oxygens (including phenoxy) is 1. The fourth-order valence-corrected chi connectivity index (χ4v) is 1.77. The predicted octanol–water partition coefficient (Wildman–Crippen LogP) is 1.33. The van der Waals surface area contributed by atoms with E-state index in [9.17, 15) is 4.79 Å². The number of hydrogen-bond acceptors (Lipinski definition) is 4. The predicted molar refractivity (Wildman–Crippen MR) is 74.6 cm³/mol. The Morgan fingerprint density at radius 2 is 2.20 bits per heavy atom. The van der Waals surface area contributed by atoms with Gasteiger partial charge in [-0.1, -0.05) is 29.5 Å². The Balaban J connectivity index is 2.37. The highest BCUT2D eigenvalue weighted by atomic mass is 16.5. The van der Waals surface area contributed by atoms with Crippen molar-refractivity contribution in [1.29, 1.82) is 0 Å². The highest BCUT2D eigenvalue weighted by molar-refractivity contribution is 5.93. The van der Waals surface area contributed by atoms with Crippen molar-refractivity contribution in [3.8, 4) is 5.69 Å². The van der Waals surface area contributed by atoms with E-state index in [-0.39, 0.29) is 18.2 Å². The van der Waals surface area contributed by atoms with E-state index in [1.165, 1.54) is 0 Å². The summed E-state index contributed by atoms with van der Waals surface area (Å²) in [7, 11) is 1.56. The fraction of sp³-hybridized carbons (Fsp3) is 0.214. The molecule has 1 amide bonds. The number of carbonyl (C=O) groups excluding carboxylic acids is 1. The zero-order valence-electron chi connectivity index (χ0n) is 11.2. The summed E-state index contributed by atoms with van der Waals surface area (Å²) in [5, 5.41) is 10.7. The van der Waals surface area contributed by atoms with Gasteiger partial charge in [0.1, 0.15) is 5.69 Å². The third-order valence-electron chi connectivity index (χ3n) is 2.67. The van der Waals surface area contributed by atoms with E-state index in [1.54, 1.807) is 17.9 Å². The van der Waals surface area contributed by atoms with Gasteiger partial charge in [-0.05, 0) is 12.1 Å². The zero-order valence-corrected chi connectivity index (χ0v) is 11.2. The summed E-state index contributed by atoms with van der Waals surface area (Å²) >= 11 is 0. The van der Waals surface area contributed by atoms with Gasteiger partial charge in [-0.3, -0.25) is 4.79 Å². The number of para-hydroxylation sites is 1. The van der Waals surface area contributed by atoms with Gasteiger partial charge in [0.25, 0.3) is 5.91 Å². The number of nitrogens with one attached hydrogen (secondary N) is 1. The van der Waals surface area contributed by atoms with E-state index in [4.69, 9.17) is 4.74 Å². The van der Waals surface area contributed by atoms with Crippen LogP contribution in [0.5, 0.6) is 0 Å². The Labute approximate surface area is 117 Å². The quantitative estimate of drug-likeness (QED) is 0.805. The molecule has 0 radical (unpaired) electrons. The minimum Gasteiger partial charge on any atom is -0.378 e. The number of nitrogens with zero attached hydrogens (tertiary/aromatic N) is 3. The first-order valence-corrected chi connectivity index (χ1v) is 6.16. The number of benzene rings is 1. The van der Waals surface area contributed by atoms with Crippen LogP contribution >= 0.6 is 0 Å². The van der Waals surface area contributed by atoms with Gasteiger partial charge in [0, 0.05) is 13.7 Å². The second-order valence-electron chi connectivity index (χ2n) is 4.06. The Morgan fingerprint density at radius 1 is 1.45 bits per heavy atom. The molecule has 1 aromatic carbocycles. The molecule has 0 unspecified atom stereocenters. The molecule has 0 aliphatic heterocycles. The van der Waals surface area contributed by atoms with Crippen LogP contribution in [0.25, 0.3) is 5.69 Å². The lowest BCUT2D eigenvalue weighted by Gasteiger charge is -2.07. The van der Waals surface area contributed by atoms with Crippen molar-refractivity contribution >= 4 is 5.91 Å². The molecule has 0 aliphatic carbocycles. The van der Waals surface area contributed by atoms with Crippen LogP contribution in [0, 0.1) is 0 Å². The van der Waals surface area contributed by atoms with Crippen LogP contribution in [0.2, 0.25) is 0 Å². The van der Waals surface area contributed by atoms with E-state index in [0.29, 0.717) is 12.2 Å². The van der Waals surface area contributed by atoms with Crippen LogP contribution in [0.3, 0.4) is 0 Å². The largest absolute Gasteiger partial charge is 0.378 e. The lowest BCUT2D eigenvalue weighted by Crippen LogP contribution is -2.25. The number of methoxy groups -OCH3 is 1. The second kappa shape index (κ2) is 6.63. The molecule has 2 aromatic rings. The maximum atomic E-state index is 12.0. The summed E-state index contributed by atoms with van der Waals surface area (Å²) in [6.07, 6.45) is 1.61. The molecule has 0 bridgehead atoms. The van der Waals surface area contributed by atoms with Crippen LogP contribution in [0.15, 0.2) is 43.0 Å². The molecular formula is C14H16N4O2. The minimum absolute atomic E-state index is 0.249. The van der Waals surface area contributed by atoms with E-state index >= 15 is 0 Å². The zero-order chi connectivity index (χ0) is 14.4. The van der Waals surface area contributed by atoms with Crippen molar-refractivity contribution in [1.82, 2.24) is 20.3 Å². The lowest BCUT2D eigenvalue weighted by molar-refractivity contribution is 0.0947. The maximum absolute atomic E-state index is 12.0. The smallest absolute Gasteiger partial charge is 0.274 e. The summed E-state index contributed by atoms with van der Waals surface area (Å²) in [6.45, 7) is 4.18. The minimum atomic E-state index is -0.292. The Hall–Kier alpha value is -2.47. The number of amides is 1. The van der Waals surface area contributed by atoms with Crippen LogP contribution in [-0.2, 0) is 11.3 Å². The first-order chi connectivity index (χ1) is 9.77. The molecule has 1 aromatic heterocycles. The average molecular weight is 272 g/mol. The van der Waals surface area contributed by atoms with Crippen molar-refractivity contribution in [2.75, 3.05) is 13.7 Å². The average Bonchev–Trinajstić information content (AvgIpc) is 2.90. The van der Waals surface area contributed by atoms with Crippen molar-refractivity contribution < 1.29 is 9.53 Å². The van der Waals surface area contributed by atoms with Crippen molar-refractivity contribution in [2.45, 2.75) is 6.61 Å². The second-order valence-corrected chi connectivity index (χ2v) is 4.06. The molecule has 0 spiro atoms. The molecule has 6 heteroatoms. The molecule has 1 heterocycles. The van der Waals surface area contributed by atoms with E-state index < -0.39 is 0 Å². The van der Waals surface area contributed by atoms with Gasteiger partial charge >= 0.3 is 0 Å². The number of aromatic nitrogens is 3. The van der Waals surface area contributed by atoms with Crippen molar-refractivity contribution in [2.24, 2.45) is 0 Å². The third kappa shape index (κ3) is 2.92. The highest BCUT2D eigenvalue weighted by Crippen LogP contribution is 2.13. The monoisotopic (exact) mass is 272 g/mol. The third-order valence-corrected chi connectivity index (χ3v) is 2.67.